The van der Waals surface area contributed by atoms with Crippen LogP contribution < -0.4 is 0 Å². The molecule has 0 radical (unpaired) electrons. The van der Waals surface area contributed by atoms with Crippen LogP contribution in [-0.4, -0.2) is 39.6 Å². The number of nitrogens with zero attached hydrogens (tertiary/aromatic N) is 3. The summed E-state index contributed by atoms with van der Waals surface area (Å²) in [4.78, 5) is 18.9. The minimum Gasteiger partial charge on any atom is -0.341 e. The number of likely N-dealkylation sites (N-methyl/N-ethyl adjacent to an activating group) is 1. The molecular formula is C27H26N4O. The van der Waals surface area contributed by atoms with Crippen LogP contribution in [0.2, 0.25) is 0 Å². The number of aryl methyl sites for hydroxylation is 1. The molecule has 1 N–H and O–H groups in total. The fourth-order valence-electron chi connectivity index (χ4n) is 4.43. The summed E-state index contributed by atoms with van der Waals surface area (Å²) in [6.45, 7) is 0.629. The highest BCUT2D eigenvalue weighted by Crippen LogP contribution is 2.36. The largest absolute Gasteiger partial charge is 0.341 e. The number of carbonyl (C=O) groups is 1. The quantitative estimate of drug-likeness (QED) is 0.495. The molecule has 4 aromatic rings. The standard InChI is InChI=1S/C27H26N4O/c1-31(18-16-22-9-4-5-17-28-22)27(32)21-14-12-20(13-15-21)25-24-11-6-8-19-7-2-3-10-23(19)26(24)30-29-25/h2-5,7,9-10,12-15,17H,6,8,11,16,18H2,1H3,(H,29,30). The number of fused-ring (bicyclic) bond motifs is 3. The van der Waals surface area contributed by atoms with Crippen molar-refractivity contribution < 1.29 is 4.79 Å². The first-order valence-corrected chi connectivity index (χ1v) is 11.1. The molecule has 2 aromatic carbocycles. The second-order valence-corrected chi connectivity index (χ2v) is 8.31. The van der Waals surface area contributed by atoms with Crippen LogP contribution in [0.3, 0.4) is 0 Å². The SMILES string of the molecule is CN(CCc1ccccn1)C(=O)c1ccc(-c2n[nH]c3c2CCCc2ccccc2-3)cc1. The Balaban J connectivity index is 1.34. The van der Waals surface area contributed by atoms with Gasteiger partial charge in [0.05, 0.1) is 11.4 Å². The van der Waals surface area contributed by atoms with Gasteiger partial charge < -0.3 is 4.90 Å². The molecule has 32 heavy (non-hydrogen) atoms. The van der Waals surface area contributed by atoms with E-state index < -0.39 is 0 Å². The van der Waals surface area contributed by atoms with Crippen LogP contribution in [0.4, 0.5) is 0 Å². The van der Waals surface area contributed by atoms with E-state index >= 15 is 0 Å². The third-order valence-corrected chi connectivity index (χ3v) is 6.21. The maximum atomic E-state index is 12.9. The van der Waals surface area contributed by atoms with E-state index in [9.17, 15) is 4.79 Å². The second-order valence-electron chi connectivity index (χ2n) is 8.31. The molecule has 1 amide bonds. The fraction of sp³-hybridized carbons (Fsp3) is 0.222. The highest BCUT2D eigenvalue weighted by atomic mass is 16.2. The number of H-pyrrole nitrogens is 1. The molecule has 0 atom stereocenters. The highest BCUT2D eigenvalue weighted by molar-refractivity contribution is 5.94. The van der Waals surface area contributed by atoms with Gasteiger partial charge in [0.1, 0.15) is 0 Å². The molecule has 0 spiro atoms. The Bertz CT molecular complexity index is 1230. The Labute approximate surface area is 188 Å². The van der Waals surface area contributed by atoms with Crippen molar-refractivity contribution in [2.24, 2.45) is 0 Å². The zero-order chi connectivity index (χ0) is 21.9. The summed E-state index contributed by atoms with van der Waals surface area (Å²) < 4.78 is 0. The molecule has 0 saturated heterocycles. The van der Waals surface area contributed by atoms with E-state index in [1.807, 2.05) is 49.5 Å². The third-order valence-electron chi connectivity index (χ3n) is 6.21. The first-order chi connectivity index (χ1) is 15.7. The van der Waals surface area contributed by atoms with Gasteiger partial charge in [0.2, 0.25) is 0 Å². The minimum atomic E-state index is 0.0160. The van der Waals surface area contributed by atoms with Crippen LogP contribution in [0, 0.1) is 0 Å². The number of hydrogen-bond donors (Lipinski definition) is 1. The van der Waals surface area contributed by atoms with Gasteiger partial charge in [-0.15, -0.1) is 0 Å². The Morgan fingerprint density at radius 3 is 2.62 bits per heavy atom. The predicted molar refractivity (Wildman–Crippen MR) is 126 cm³/mol. The second kappa shape index (κ2) is 8.79. The first kappa shape index (κ1) is 20.2. The van der Waals surface area contributed by atoms with Gasteiger partial charge in [-0.05, 0) is 49.1 Å². The van der Waals surface area contributed by atoms with Gasteiger partial charge in [-0.2, -0.15) is 5.10 Å². The van der Waals surface area contributed by atoms with Gasteiger partial charge in [0, 0.05) is 54.2 Å². The molecular weight excluding hydrogens is 396 g/mol. The van der Waals surface area contributed by atoms with Crippen molar-refractivity contribution in [3.8, 4) is 22.5 Å². The molecule has 0 saturated carbocycles. The van der Waals surface area contributed by atoms with Gasteiger partial charge in [-0.1, -0.05) is 42.5 Å². The third kappa shape index (κ3) is 3.94. The molecule has 1 aliphatic rings. The van der Waals surface area contributed by atoms with Crippen LogP contribution in [0.5, 0.6) is 0 Å². The van der Waals surface area contributed by atoms with Crippen molar-refractivity contribution in [2.75, 3.05) is 13.6 Å². The molecule has 5 nitrogen and oxygen atoms in total. The number of aromatic nitrogens is 3. The zero-order valence-corrected chi connectivity index (χ0v) is 18.2. The van der Waals surface area contributed by atoms with E-state index in [2.05, 4.69) is 39.4 Å². The maximum Gasteiger partial charge on any atom is 0.253 e. The van der Waals surface area contributed by atoms with Crippen molar-refractivity contribution in [1.29, 1.82) is 0 Å². The van der Waals surface area contributed by atoms with Gasteiger partial charge in [0.15, 0.2) is 0 Å². The molecule has 1 aliphatic carbocycles. The lowest BCUT2D eigenvalue weighted by Gasteiger charge is -2.17. The van der Waals surface area contributed by atoms with Crippen LogP contribution in [0.1, 0.15) is 33.6 Å². The van der Waals surface area contributed by atoms with E-state index in [0.29, 0.717) is 12.1 Å². The summed E-state index contributed by atoms with van der Waals surface area (Å²) in [7, 11) is 1.84. The molecule has 0 aliphatic heterocycles. The van der Waals surface area contributed by atoms with Crippen LogP contribution in [-0.2, 0) is 19.3 Å². The van der Waals surface area contributed by atoms with Gasteiger partial charge in [0.25, 0.3) is 5.91 Å². The van der Waals surface area contributed by atoms with E-state index in [0.717, 1.165) is 48.3 Å². The normalized spacial score (nSPS) is 12.5. The van der Waals surface area contributed by atoms with Crippen molar-refractivity contribution >= 4 is 5.91 Å². The first-order valence-electron chi connectivity index (χ1n) is 11.1. The number of pyridine rings is 1. The number of amides is 1. The van der Waals surface area contributed by atoms with E-state index in [4.69, 9.17) is 0 Å². The average Bonchev–Trinajstić information content (AvgIpc) is 3.18. The van der Waals surface area contributed by atoms with E-state index in [1.165, 1.54) is 16.7 Å². The number of aromatic amines is 1. The Morgan fingerprint density at radius 1 is 1.00 bits per heavy atom. The molecule has 0 fully saturated rings. The van der Waals surface area contributed by atoms with Crippen molar-refractivity contribution in [3.05, 3.63) is 95.3 Å². The Hall–Kier alpha value is -3.73. The van der Waals surface area contributed by atoms with Gasteiger partial charge in [-0.25, -0.2) is 0 Å². The summed E-state index contributed by atoms with van der Waals surface area (Å²) in [5.41, 5.74) is 8.71. The minimum absolute atomic E-state index is 0.0160. The molecule has 2 heterocycles. The Kier molecular flexibility index (Phi) is 5.55. The summed E-state index contributed by atoms with van der Waals surface area (Å²) >= 11 is 0. The summed E-state index contributed by atoms with van der Waals surface area (Å²) in [6.07, 6.45) is 5.70. The number of nitrogens with one attached hydrogen (secondary N) is 1. The highest BCUT2D eigenvalue weighted by Gasteiger charge is 2.21. The fourth-order valence-corrected chi connectivity index (χ4v) is 4.43. The molecule has 160 valence electrons. The lowest BCUT2D eigenvalue weighted by atomic mass is 9.99. The lowest BCUT2D eigenvalue weighted by Crippen LogP contribution is -2.28. The average molecular weight is 423 g/mol. The predicted octanol–water partition coefficient (Wildman–Crippen LogP) is 4.94. The molecule has 5 rings (SSSR count). The van der Waals surface area contributed by atoms with Crippen molar-refractivity contribution in [2.45, 2.75) is 25.7 Å². The molecule has 0 bridgehead atoms. The Morgan fingerprint density at radius 2 is 1.81 bits per heavy atom. The number of hydrogen-bond acceptors (Lipinski definition) is 3. The number of carbonyl (C=O) groups excluding carboxylic acids is 1. The van der Waals surface area contributed by atoms with E-state index in [1.54, 1.807) is 11.1 Å². The number of rotatable bonds is 5. The summed E-state index contributed by atoms with van der Waals surface area (Å²) in [5, 5.41) is 7.93. The van der Waals surface area contributed by atoms with Crippen molar-refractivity contribution in [3.63, 3.8) is 0 Å². The summed E-state index contributed by atoms with van der Waals surface area (Å²) in [5.74, 6) is 0.0160. The van der Waals surface area contributed by atoms with E-state index in [-0.39, 0.29) is 5.91 Å². The van der Waals surface area contributed by atoms with Crippen LogP contribution in [0.15, 0.2) is 72.9 Å². The molecule has 2 aromatic heterocycles. The molecule has 0 unspecified atom stereocenters. The maximum absolute atomic E-state index is 12.9. The molecule has 5 heteroatoms. The lowest BCUT2D eigenvalue weighted by molar-refractivity contribution is 0.0796. The summed E-state index contributed by atoms with van der Waals surface area (Å²) in [6, 6.07) is 22.2. The van der Waals surface area contributed by atoms with Gasteiger partial charge in [-0.3, -0.25) is 14.9 Å². The number of benzene rings is 2. The van der Waals surface area contributed by atoms with Crippen molar-refractivity contribution in [1.82, 2.24) is 20.1 Å². The van der Waals surface area contributed by atoms with Crippen LogP contribution >= 0.6 is 0 Å². The van der Waals surface area contributed by atoms with Crippen LogP contribution in [0.25, 0.3) is 22.5 Å². The van der Waals surface area contributed by atoms with Gasteiger partial charge >= 0.3 is 0 Å². The topological polar surface area (TPSA) is 61.9 Å². The zero-order valence-electron chi connectivity index (χ0n) is 18.2. The monoisotopic (exact) mass is 422 g/mol. The smallest absolute Gasteiger partial charge is 0.253 e.